The SMILES string of the molecule is CN1CCN(C(=O)C2CCN(C(=O)C(=O)c3ccc(C(C)(C)C)cc3)CC2)CC1. The molecule has 2 aliphatic rings. The summed E-state index contributed by atoms with van der Waals surface area (Å²) in [4.78, 5) is 43.8. The van der Waals surface area contributed by atoms with Crippen molar-refractivity contribution in [1.29, 1.82) is 0 Å². The summed E-state index contributed by atoms with van der Waals surface area (Å²) in [6, 6.07) is 7.32. The van der Waals surface area contributed by atoms with E-state index >= 15 is 0 Å². The summed E-state index contributed by atoms with van der Waals surface area (Å²) in [5.41, 5.74) is 1.56. The first-order chi connectivity index (χ1) is 13.7. The third-order valence-electron chi connectivity index (χ3n) is 6.15. The molecule has 2 saturated heterocycles. The van der Waals surface area contributed by atoms with Crippen molar-refractivity contribution in [2.24, 2.45) is 5.92 Å². The van der Waals surface area contributed by atoms with E-state index in [2.05, 4.69) is 32.7 Å². The van der Waals surface area contributed by atoms with Gasteiger partial charge in [0.1, 0.15) is 0 Å². The molecular formula is C23H33N3O3. The Balaban J connectivity index is 1.54. The summed E-state index contributed by atoms with van der Waals surface area (Å²) in [7, 11) is 2.07. The molecule has 158 valence electrons. The van der Waals surface area contributed by atoms with Crippen LogP contribution < -0.4 is 0 Å². The second-order valence-corrected chi connectivity index (χ2v) is 9.35. The molecule has 0 atom stereocenters. The molecule has 0 radical (unpaired) electrons. The van der Waals surface area contributed by atoms with Gasteiger partial charge in [-0.05, 0) is 30.9 Å². The number of rotatable bonds is 3. The van der Waals surface area contributed by atoms with Crippen LogP contribution in [0.15, 0.2) is 24.3 Å². The average Bonchev–Trinajstić information content (AvgIpc) is 2.72. The maximum atomic E-state index is 12.7. The second kappa shape index (κ2) is 8.66. The van der Waals surface area contributed by atoms with Crippen molar-refractivity contribution in [3.63, 3.8) is 0 Å². The Bertz CT molecular complexity index is 751. The van der Waals surface area contributed by atoms with Gasteiger partial charge >= 0.3 is 0 Å². The maximum Gasteiger partial charge on any atom is 0.294 e. The lowest BCUT2D eigenvalue weighted by atomic mass is 9.86. The van der Waals surface area contributed by atoms with E-state index in [0.717, 1.165) is 31.7 Å². The summed E-state index contributed by atoms with van der Waals surface area (Å²) >= 11 is 0. The molecule has 0 N–H and O–H groups in total. The number of amides is 2. The molecule has 2 fully saturated rings. The zero-order chi connectivity index (χ0) is 21.2. The summed E-state index contributed by atoms with van der Waals surface area (Å²) in [6.07, 6.45) is 1.26. The van der Waals surface area contributed by atoms with E-state index < -0.39 is 11.7 Å². The molecule has 29 heavy (non-hydrogen) atoms. The van der Waals surface area contributed by atoms with Crippen LogP contribution in [-0.2, 0) is 15.0 Å². The highest BCUT2D eigenvalue weighted by atomic mass is 16.2. The number of hydrogen-bond donors (Lipinski definition) is 0. The quantitative estimate of drug-likeness (QED) is 0.577. The molecular weight excluding hydrogens is 366 g/mol. The molecule has 0 aromatic heterocycles. The van der Waals surface area contributed by atoms with Gasteiger partial charge in [0.25, 0.3) is 5.91 Å². The third kappa shape index (κ3) is 5.04. The monoisotopic (exact) mass is 399 g/mol. The Labute approximate surface area is 173 Å². The zero-order valence-electron chi connectivity index (χ0n) is 18.1. The third-order valence-corrected chi connectivity index (χ3v) is 6.15. The number of Topliss-reactive ketones (excluding diaryl/α,β-unsaturated/α-hetero) is 1. The van der Waals surface area contributed by atoms with E-state index in [1.54, 1.807) is 17.0 Å². The number of nitrogens with zero attached hydrogens (tertiary/aromatic N) is 3. The Hall–Kier alpha value is -2.21. The molecule has 0 bridgehead atoms. The molecule has 2 aliphatic heterocycles. The van der Waals surface area contributed by atoms with E-state index in [9.17, 15) is 14.4 Å². The molecule has 3 rings (SSSR count). The average molecular weight is 400 g/mol. The topological polar surface area (TPSA) is 60.9 Å². The minimum Gasteiger partial charge on any atom is -0.340 e. The van der Waals surface area contributed by atoms with Crippen molar-refractivity contribution >= 4 is 17.6 Å². The fraction of sp³-hybridized carbons (Fsp3) is 0.609. The smallest absolute Gasteiger partial charge is 0.294 e. The fourth-order valence-corrected chi connectivity index (χ4v) is 4.00. The predicted octanol–water partition coefficient (Wildman–Crippen LogP) is 2.18. The number of carbonyl (C=O) groups is 3. The van der Waals surface area contributed by atoms with Gasteiger partial charge in [0.15, 0.2) is 0 Å². The van der Waals surface area contributed by atoms with Crippen molar-refractivity contribution in [1.82, 2.24) is 14.7 Å². The van der Waals surface area contributed by atoms with E-state index in [0.29, 0.717) is 31.5 Å². The van der Waals surface area contributed by atoms with Crippen molar-refractivity contribution in [3.8, 4) is 0 Å². The lowest BCUT2D eigenvalue weighted by Crippen LogP contribution is -2.51. The zero-order valence-corrected chi connectivity index (χ0v) is 18.1. The lowest BCUT2D eigenvalue weighted by Gasteiger charge is -2.37. The number of piperazine rings is 1. The number of piperidine rings is 1. The fourth-order valence-electron chi connectivity index (χ4n) is 4.00. The molecule has 0 spiro atoms. The molecule has 0 saturated carbocycles. The number of likely N-dealkylation sites (N-methyl/N-ethyl adjacent to an activating group) is 1. The molecule has 6 heteroatoms. The van der Waals surface area contributed by atoms with Crippen LogP contribution in [0, 0.1) is 5.92 Å². The van der Waals surface area contributed by atoms with Crippen molar-refractivity contribution < 1.29 is 14.4 Å². The van der Waals surface area contributed by atoms with Gasteiger partial charge < -0.3 is 14.7 Å². The van der Waals surface area contributed by atoms with Crippen LogP contribution >= 0.6 is 0 Å². The van der Waals surface area contributed by atoms with E-state index in [-0.39, 0.29) is 17.2 Å². The number of hydrogen-bond acceptors (Lipinski definition) is 4. The van der Waals surface area contributed by atoms with Crippen LogP contribution in [0.5, 0.6) is 0 Å². The van der Waals surface area contributed by atoms with Crippen molar-refractivity contribution in [3.05, 3.63) is 35.4 Å². The Morgan fingerprint density at radius 1 is 0.828 bits per heavy atom. The van der Waals surface area contributed by atoms with Gasteiger partial charge in [-0.15, -0.1) is 0 Å². The first-order valence-corrected chi connectivity index (χ1v) is 10.6. The van der Waals surface area contributed by atoms with Crippen molar-refractivity contribution in [2.45, 2.75) is 39.0 Å². The van der Waals surface area contributed by atoms with Gasteiger partial charge in [-0.1, -0.05) is 45.0 Å². The van der Waals surface area contributed by atoms with Gasteiger partial charge in [-0.3, -0.25) is 14.4 Å². The van der Waals surface area contributed by atoms with Gasteiger partial charge in [0, 0.05) is 50.7 Å². The van der Waals surface area contributed by atoms with Crippen LogP contribution in [0.2, 0.25) is 0 Å². The molecule has 1 aromatic rings. The van der Waals surface area contributed by atoms with Gasteiger partial charge in [0.2, 0.25) is 11.7 Å². The highest BCUT2D eigenvalue weighted by Gasteiger charge is 2.33. The molecule has 0 unspecified atom stereocenters. The Morgan fingerprint density at radius 3 is 1.90 bits per heavy atom. The predicted molar refractivity (Wildman–Crippen MR) is 113 cm³/mol. The number of benzene rings is 1. The van der Waals surface area contributed by atoms with Crippen LogP contribution in [0.4, 0.5) is 0 Å². The molecule has 2 amide bonds. The first kappa shape index (κ1) is 21.5. The summed E-state index contributed by atoms with van der Waals surface area (Å²) in [5.74, 6) is -0.758. The van der Waals surface area contributed by atoms with E-state index in [4.69, 9.17) is 0 Å². The van der Waals surface area contributed by atoms with Crippen molar-refractivity contribution in [2.75, 3.05) is 46.3 Å². The summed E-state index contributed by atoms with van der Waals surface area (Å²) in [6.45, 7) is 10.6. The highest BCUT2D eigenvalue weighted by Crippen LogP contribution is 2.24. The van der Waals surface area contributed by atoms with Gasteiger partial charge in [-0.25, -0.2) is 0 Å². The first-order valence-electron chi connectivity index (χ1n) is 10.6. The maximum absolute atomic E-state index is 12.7. The largest absolute Gasteiger partial charge is 0.340 e. The van der Waals surface area contributed by atoms with Gasteiger partial charge in [-0.2, -0.15) is 0 Å². The lowest BCUT2D eigenvalue weighted by molar-refractivity contribution is -0.140. The molecule has 6 nitrogen and oxygen atoms in total. The standard InChI is InChI=1S/C23H33N3O3/c1-23(2,3)19-7-5-17(6-8-19)20(27)22(29)25-11-9-18(10-12-25)21(28)26-15-13-24(4)14-16-26/h5-8,18H,9-16H2,1-4H3. The summed E-state index contributed by atoms with van der Waals surface area (Å²) < 4.78 is 0. The number of likely N-dealkylation sites (tertiary alicyclic amines) is 1. The van der Waals surface area contributed by atoms with E-state index in [1.165, 1.54) is 0 Å². The second-order valence-electron chi connectivity index (χ2n) is 9.35. The number of ketones is 1. The normalized spacial score (nSPS) is 19.3. The summed E-state index contributed by atoms with van der Waals surface area (Å²) in [5, 5.41) is 0. The molecule has 0 aliphatic carbocycles. The van der Waals surface area contributed by atoms with Crippen LogP contribution in [-0.4, -0.2) is 78.6 Å². The molecule has 2 heterocycles. The van der Waals surface area contributed by atoms with Gasteiger partial charge in [0.05, 0.1) is 0 Å². The molecule has 1 aromatic carbocycles. The Morgan fingerprint density at radius 2 is 1.38 bits per heavy atom. The van der Waals surface area contributed by atoms with E-state index in [1.807, 2.05) is 17.0 Å². The minimum absolute atomic E-state index is 0.00375. The highest BCUT2D eigenvalue weighted by molar-refractivity contribution is 6.42. The van der Waals surface area contributed by atoms with Crippen LogP contribution in [0.1, 0.15) is 49.5 Å². The minimum atomic E-state index is -0.464. The Kier molecular flexibility index (Phi) is 6.42. The number of carbonyl (C=O) groups excluding carboxylic acids is 3. The van der Waals surface area contributed by atoms with Crippen LogP contribution in [0.25, 0.3) is 0 Å². The van der Waals surface area contributed by atoms with Crippen LogP contribution in [0.3, 0.4) is 0 Å².